The fourth-order valence-corrected chi connectivity index (χ4v) is 7.07. The van der Waals surface area contributed by atoms with Crippen molar-refractivity contribution in [3.8, 4) is 17.3 Å². The summed E-state index contributed by atoms with van der Waals surface area (Å²) in [4.78, 5) is 9.70. The van der Waals surface area contributed by atoms with E-state index in [-0.39, 0.29) is 16.2 Å². The van der Waals surface area contributed by atoms with Gasteiger partial charge in [0.2, 0.25) is 0 Å². The van der Waals surface area contributed by atoms with Gasteiger partial charge in [-0.3, -0.25) is 4.57 Å². The SMILES string of the molecule is CC1=C(C)N(c2cc(Oc3ccc4c5ccccc5n(-c5cc(C(C)(C)C)ccn5)c4c3)cc(C(C)(C)C)c2)CN1c1cccc(C(C)(C)C)c1. The summed E-state index contributed by atoms with van der Waals surface area (Å²) in [5, 5.41) is 2.37. The van der Waals surface area contributed by atoms with E-state index < -0.39 is 0 Å². The Morgan fingerprint density at radius 2 is 1.16 bits per heavy atom. The van der Waals surface area contributed by atoms with E-state index >= 15 is 0 Å². The second kappa shape index (κ2) is 12.3. The zero-order valence-electron chi connectivity index (χ0n) is 32.2. The van der Waals surface area contributed by atoms with E-state index in [0.717, 1.165) is 40.7 Å². The quantitative estimate of drug-likeness (QED) is 0.182. The van der Waals surface area contributed by atoms with Crippen molar-refractivity contribution in [1.29, 1.82) is 0 Å². The Morgan fingerprint density at radius 1 is 0.529 bits per heavy atom. The van der Waals surface area contributed by atoms with Crippen LogP contribution in [0.4, 0.5) is 11.4 Å². The summed E-state index contributed by atoms with van der Waals surface area (Å²) in [5.41, 5.74) is 10.9. The van der Waals surface area contributed by atoms with E-state index in [9.17, 15) is 0 Å². The van der Waals surface area contributed by atoms with Crippen molar-refractivity contribution in [3.05, 3.63) is 131 Å². The van der Waals surface area contributed by atoms with Crippen LogP contribution in [0.25, 0.3) is 27.6 Å². The molecule has 6 aromatic rings. The fourth-order valence-electron chi connectivity index (χ4n) is 7.07. The maximum Gasteiger partial charge on any atom is 0.137 e. The minimum atomic E-state index is -0.0681. The molecule has 262 valence electrons. The minimum Gasteiger partial charge on any atom is -0.457 e. The van der Waals surface area contributed by atoms with Gasteiger partial charge in [0.05, 0.1) is 17.7 Å². The van der Waals surface area contributed by atoms with Gasteiger partial charge in [-0.25, -0.2) is 4.98 Å². The van der Waals surface area contributed by atoms with Crippen LogP contribution in [0.3, 0.4) is 0 Å². The average molecular weight is 677 g/mol. The van der Waals surface area contributed by atoms with E-state index in [1.807, 2.05) is 6.20 Å². The van der Waals surface area contributed by atoms with Gasteiger partial charge in [-0.1, -0.05) is 92.6 Å². The molecule has 4 aromatic carbocycles. The average Bonchev–Trinajstić information content (AvgIpc) is 3.56. The summed E-state index contributed by atoms with van der Waals surface area (Å²) in [6, 6.07) is 35.0. The number of benzene rings is 4. The van der Waals surface area contributed by atoms with Crippen molar-refractivity contribution in [1.82, 2.24) is 9.55 Å². The van der Waals surface area contributed by atoms with Gasteiger partial charge in [0, 0.05) is 51.9 Å². The van der Waals surface area contributed by atoms with Crippen LogP contribution in [0.5, 0.6) is 11.5 Å². The van der Waals surface area contributed by atoms with Crippen LogP contribution in [-0.4, -0.2) is 16.2 Å². The lowest BCUT2D eigenvalue weighted by Crippen LogP contribution is -2.27. The second-order valence-corrected chi connectivity index (χ2v) is 17.2. The maximum absolute atomic E-state index is 6.82. The highest BCUT2D eigenvalue weighted by Gasteiger charge is 2.28. The molecule has 0 saturated heterocycles. The number of para-hydroxylation sites is 1. The number of nitrogens with zero attached hydrogens (tertiary/aromatic N) is 4. The van der Waals surface area contributed by atoms with Crippen LogP contribution in [-0.2, 0) is 16.2 Å². The maximum atomic E-state index is 6.82. The number of anilines is 2. The minimum absolute atomic E-state index is 0.00934. The molecule has 0 bridgehead atoms. The summed E-state index contributed by atoms with van der Waals surface area (Å²) in [6.07, 6.45) is 1.93. The Morgan fingerprint density at radius 3 is 1.86 bits per heavy atom. The molecule has 0 radical (unpaired) electrons. The first-order valence-corrected chi connectivity index (χ1v) is 18.2. The number of pyridine rings is 1. The number of ether oxygens (including phenoxy) is 1. The van der Waals surface area contributed by atoms with Crippen LogP contribution < -0.4 is 14.5 Å². The first-order valence-electron chi connectivity index (χ1n) is 18.2. The Bertz CT molecular complexity index is 2310. The normalized spacial score (nSPS) is 14.3. The predicted octanol–water partition coefficient (Wildman–Crippen LogP) is 12.4. The zero-order chi connectivity index (χ0) is 36.5. The van der Waals surface area contributed by atoms with Crippen LogP contribution in [0.2, 0.25) is 0 Å². The van der Waals surface area contributed by atoms with Crippen molar-refractivity contribution in [2.45, 2.75) is 92.4 Å². The molecule has 3 heterocycles. The Kier molecular flexibility index (Phi) is 8.32. The lowest BCUT2D eigenvalue weighted by molar-refractivity contribution is 0.479. The highest BCUT2D eigenvalue weighted by Crippen LogP contribution is 2.41. The molecule has 0 atom stereocenters. The van der Waals surface area contributed by atoms with Crippen LogP contribution >= 0.6 is 0 Å². The van der Waals surface area contributed by atoms with E-state index in [2.05, 4.69) is 188 Å². The van der Waals surface area contributed by atoms with E-state index in [1.54, 1.807) is 0 Å². The highest BCUT2D eigenvalue weighted by atomic mass is 16.5. The number of rotatable bonds is 5. The number of hydrogen-bond acceptors (Lipinski definition) is 4. The number of allylic oxidation sites excluding steroid dienone is 2. The summed E-state index contributed by atoms with van der Waals surface area (Å²) in [6.45, 7) is 25.5. The van der Waals surface area contributed by atoms with Gasteiger partial charge < -0.3 is 14.5 Å². The Labute approximate surface area is 304 Å². The molecule has 1 aliphatic rings. The molecule has 5 nitrogen and oxygen atoms in total. The monoisotopic (exact) mass is 676 g/mol. The van der Waals surface area contributed by atoms with Gasteiger partial charge in [-0.2, -0.15) is 0 Å². The zero-order valence-corrected chi connectivity index (χ0v) is 32.2. The topological polar surface area (TPSA) is 33.5 Å². The third-order valence-corrected chi connectivity index (χ3v) is 10.4. The largest absolute Gasteiger partial charge is 0.457 e. The van der Waals surface area contributed by atoms with Crippen LogP contribution in [0.1, 0.15) is 92.9 Å². The molecule has 0 spiro atoms. The summed E-state index contributed by atoms with van der Waals surface area (Å²) >= 11 is 0. The van der Waals surface area contributed by atoms with Gasteiger partial charge in [0.25, 0.3) is 0 Å². The molecule has 0 saturated carbocycles. The van der Waals surface area contributed by atoms with Crippen molar-refractivity contribution in [2.75, 3.05) is 16.5 Å². The van der Waals surface area contributed by atoms with Gasteiger partial charge in [0.15, 0.2) is 0 Å². The molecule has 7 rings (SSSR count). The fraction of sp³-hybridized carbons (Fsp3) is 0.326. The first kappa shape index (κ1) is 34.4. The van der Waals surface area contributed by atoms with Crippen molar-refractivity contribution in [2.24, 2.45) is 0 Å². The number of fused-ring (bicyclic) bond motifs is 3. The van der Waals surface area contributed by atoms with E-state index in [1.165, 1.54) is 44.5 Å². The lowest BCUT2D eigenvalue weighted by atomic mass is 9.86. The Hall–Kier alpha value is -5.03. The Balaban J connectivity index is 1.29. The first-order chi connectivity index (χ1) is 24.0. The molecular formula is C46H52N4O. The van der Waals surface area contributed by atoms with Gasteiger partial charge >= 0.3 is 0 Å². The summed E-state index contributed by atoms with van der Waals surface area (Å²) < 4.78 is 9.10. The van der Waals surface area contributed by atoms with Crippen LogP contribution in [0.15, 0.2) is 115 Å². The second-order valence-electron chi connectivity index (χ2n) is 17.2. The van der Waals surface area contributed by atoms with Gasteiger partial charge in [-0.15, -0.1) is 0 Å². The third kappa shape index (κ3) is 6.51. The molecule has 51 heavy (non-hydrogen) atoms. The standard InChI is InChI=1S/C46H52N4O/c1-30-31(2)49(29-48(30)35-16-14-15-32(23-35)44(3,4)5)36-24-34(46(9,10)11)25-38(27-36)51-37-19-20-40-39-17-12-13-18-41(39)50(42(40)28-37)43-26-33(21-22-47-43)45(6,7)8/h12-28H,29H2,1-11H3. The molecule has 0 fully saturated rings. The van der Waals surface area contributed by atoms with Gasteiger partial charge in [-0.05, 0) is 101 Å². The molecule has 0 aliphatic carbocycles. The number of hydrogen-bond donors (Lipinski definition) is 0. The van der Waals surface area contributed by atoms with E-state index in [4.69, 9.17) is 9.72 Å². The van der Waals surface area contributed by atoms with Crippen molar-refractivity contribution in [3.63, 3.8) is 0 Å². The highest BCUT2D eigenvalue weighted by molar-refractivity contribution is 6.09. The van der Waals surface area contributed by atoms with Crippen LogP contribution in [0, 0.1) is 0 Å². The smallest absolute Gasteiger partial charge is 0.137 e. The molecular weight excluding hydrogens is 625 g/mol. The molecule has 0 amide bonds. The third-order valence-electron chi connectivity index (χ3n) is 10.4. The molecule has 0 unspecified atom stereocenters. The molecule has 1 aliphatic heterocycles. The molecule has 5 heteroatoms. The van der Waals surface area contributed by atoms with Gasteiger partial charge in [0.1, 0.15) is 17.3 Å². The summed E-state index contributed by atoms with van der Waals surface area (Å²) in [7, 11) is 0. The lowest BCUT2D eigenvalue weighted by Gasteiger charge is -2.28. The van der Waals surface area contributed by atoms with Crippen molar-refractivity contribution >= 4 is 33.2 Å². The molecule has 2 aromatic heterocycles. The molecule has 0 N–H and O–H groups in total. The van der Waals surface area contributed by atoms with Crippen molar-refractivity contribution < 1.29 is 4.74 Å². The number of aromatic nitrogens is 2. The predicted molar refractivity (Wildman–Crippen MR) is 216 cm³/mol. The summed E-state index contributed by atoms with van der Waals surface area (Å²) in [5.74, 6) is 2.53. The van der Waals surface area contributed by atoms with E-state index in [0.29, 0.717) is 0 Å².